The van der Waals surface area contributed by atoms with Crippen LogP contribution >= 0.6 is 21.6 Å². The Hall–Kier alpha value is -1.54. The molecule has 1 aliphatic heterocycles. The maximum Gasteiger partial charge on any atom is 0.310 e. The molecule has 1 saturated heterocycles. The van der Waals surface area contributed by atoms with E-state index in [0.29, 0.717) is 25.1 Å². The first-order chi connectivity index (χ1) is 14.0. The van der Waals surface area contributed by atoms with Crippen LogP contribution in [0.1, 0.15) is 56.9 Å². The van der Waals surface area contributed by atoms with Crippen molar-refractivity contribution in [1.29, 1.82) is 0 Å². The van der Waals surface area contributed by atoms with Gasteiger partial charge in [0.15, 0.2) is 11.5 Å². The molecule has 162 valence electrons. The van der Waals surface area contributed by atoms with Gasteiger partial charge >= 0.3 is 5.97 Å². The van der Waals surface area contributed by atoms with Gasteiger partial charge in [0.1, 0.15) is 0 Å². The van der Waals surface area contributed by atoms with Crippen LogP contribution in [0.15, 0.2) is 18.2 Å². The molecule has 0 aliphatic carbocycles. The van der Waals surface area contributed by atoms with Crippen LogP contribution < -0.4 is 5.32 Å². The first-order valence-electron chi connectivity index (χ1n) is 10.3. The van der Waals surface area contributed by atoms with E-state index in [-0.39, 0.29) is 29.8 Å². The molecule has 0 radical (unpaired) electrons. The van der Waals surface area contributed by atoms with Crippen molar-refractivity contribution < 1.29 is 24.5 Å². The summed E-state index contributed by atoms with van der Waals surface area (Å²) in [6.07, 6.45) is 7.77. The van der Waals surface area contributed by atoms with Gasteiger partial charge in [-0.05, 0) is 56.2 Å². The van der Waals surface area contributed by atoms with E-state index in [1.807, 2.05) is 21.6 Å². The average molecular weight is 442 g/mol. The molecule has 1 amide bonds. The molecule has 1 aromatic rings. The largest absolute Gasteiger partial charge is 0.504 e. The number of aromatic hydroxyl groups is 2. The quantitative estimate of drug-likeness (QED) is 0.183. The lowest BCUT2D eigenvalue weighted by Crippen LogP contribution is -2.24. The number of amides is 1. The van der Waals surface area contributed by atoms with Gasteiger partial charge in [-0.15, -0.1) is 0 Å². The van der Waals surface area contributed by atoms with Gasteiger partial charge < -0.3 is 20.3 Å². The van der Waals surface area contributed by atoms with E-state index in [0.717, 1.165) is 37.4 Å². The predicted molar refractivity (Wildman–Crippen MR) is 118 cm³/mol. The molecule has 1 fully saturated rings. The Balaban J connectivity index is 1.40. The number of rotatable bonds is 13. The van der Waals surface area contributed by atoms with Crippen LogP contribution in [0.25, 0.3) is 0 Å². The van der Waals surface area contributed by atoms with Gasteiger partial charge in [0.25, 0.3) is 0 Å². The van der Waals surface area contributed by atoms with Crippen LogP contribution in [0.4, 0.5) is 0 Å². The number of hydrogen-bond donors (Lipinski definition) is 3. The molecule has 0 aromatic heterocycles. The van der Waals surface area contributed by atoms with Gasteiger partial charge in [-0.3, -0.25) is 9.59 Å². The number of esters is 1. The molecule has 3 N–H and O–H groups in total. The lowest BCUT2D eigenvalue weighted by atomic mass is 10.1. The fourth-order valence-corrected chi connectivity index (χ4v) is 6.05. The number of carbonyl (C=O) groups excluding carboxylic acids is 2. The van der Waals surface area contributed by atoms with Crippen molar-refractivity contribution in [3.8, 4) is 11.5 Å². The molecule has 6 nitrogen and oxygen atoms in total. The summed E-state index contributed by atoms with van der Waals surface area (Å²) in [7, 11) is 3.95. The second-order valence-electron chi connectivity index (χ2n) is 7.21. The highest BCUT2D eigenvalue weighted by atomic mass is 33.1. The molecular weight excluding hydrogens is 410 g/mol. The maximum absolute atomic E-state index is 11.8. The van der Waals surface area contributed by atoms with E-state index >= 15 is 0 Å². The van der Waals surface area contributed by atoms with Gasteiger partial charge in [-0.1, -0.05) is 34.1 Å². The molecule has 1 unspecified atom stereocenters. The van der Waals surface area contributed by atoms with Crippen LogP contribution in [0.2, 0.25) is 0 Å². The summed E-state index contributed by atoms with van der Waals surface area (Å²) in [6.45, 7) is 1.00. The monoisotopic (exact) mass is 441 g/mol. The maximum atomic E-state index is 11.8. The summed E-state index contributed by atoms with van der Waals surface area (Å²) in [5, 5.41) is 22.4. The van der Waals surface area contributed by atoms with Gasteiger partial charge in [-0.25, -0.2) is 0 Å². The zero-order valence-electron chi connectivity index (χ0n) is 16.7. The van der Waals surface area contributed by atoms with E-state index < -0.39 is 0 Å². The lowest BCUT2D eigenvalue weighted by Gasteiger charge is -2.08. The molecule has 1 aromatic carbocycles. The zero-order valence-corrected chi connectivity index (χ0v) is 18.4. The third-order valence-corrected chi connectivity index (χ3v) is 7.71. The predicted octanol–water partition coefficient (Wildman–Crippen LogP) is 4.18. The van der Waals surface area contributed by atoms with Crippen molar-refractivity contribution >= 4 is 33.5 Å². The van der Waals surface area contributed by atoms with Crippen LogP contribution in [0, 0.1) is 0 Å². The minimum atomic E-state index is -0.363. The van der Waals surface area contributed by atoms with E-state index in [2.05, 4.69) is 5.32 Å². The topological polar surface area (TPSA) is 95.9 Å². The van der Waals surface area contributed by atoms with Crippen LogP contribution in [0.3, 0.4) is 0 Å². The number of hydrogen-bond acceptors (Lipinski definition) is 7. The summed E-state index contributed by atoms with van der Waals surface area (Å²) in [6, 6.07) is 4.28. The van der Waals surface area contributed by atoms with Crippen LogP contribution in [-0.4, -0.2) is 46.2 Å². The summed E-state index contributed by atoms with van der Waals surface area (Å²) >= 11 is 0. The van der Waals surface area contributed by atoms with E-state index in [1.54, 1.807) is 6.07 Å². The summed E-state index contributed by atoms with van der Waals surface area (Å²) in [5.74, 6) is 0.568. The molecule has 0 saturated carbocycles. The van der Waals surface area contributed by atoms with Gasteiger partial charge in [0.2, 0.25) is 5.91 Å². The van der Waals surface area contributed by atoms with Crippen molar-refractivity contribution in [2.75, 3.05) is 18.9 Å². The first kappa shape index (κ1) is 23.7. The van der Waals surface area contributed by atoms with Crippen molar-refractivity contribution in [3.05, 3.63) is 23.8 Å². The number of carbonyl (C=O) groups is 2. The molecule has 29 heavy (non-hydrogen) atoms. The highest BCUT2D eigenvalue weighted by Gasteiger charge is 2.15. The Labute approximate surface area is 180 Å². The Kier molecular flexibility index (Phi) is 11.2. The highest BCUT2D eigenvalue weighted by Crippen LogP contribution is 2.39. The number of unbranched alkanes of at least 4 members (excludes halogenated alkanes) is 3. The molecular formula is C21H31NO5S2. The third kappa shape index (κ3) is 10.2. The first-order valence-corrected chi connectivity index (χ1v) is 12.6. The minimum Gasteiger partial charge on any atom is -0.504 e. The standard InChI is InChI=1S/C21H31NO5S2/c23-18-9-8-16(14-19(18)24)15-21(26)27-12-5-1-4-11-22-20(25)7-3-2-6-17-10-13-28-29-17/h8-9,14,17,23-24H,1-7,10-13,15H2,(H,22,25). The van der Waals surface area contributed by atoms with Gasteiger partial charge in [-0.2, -0.15) is 0 Å². The second kappa shape index (κ2) is 13.6. The molecule has 1 heterocycles. The van der Waals surface area contributed by atoms with E-state index in [4.69, 9.17) is 4.74 Å². The molecule has 1 aliphatic rings. The summed E-state index contributed by atoms with van der Waals surface area (Å²) in [5.41, 5.74) is 0.592. The van der Waals surface area contributed by atoms with Crippen molar-refractivity contribution in [2.45, 2.75) is 63.0 Å². The Morgan fingerprint density at radius 3 is 2.72 bits per heavy atom. The number of ether oxygens (including phenoxy) is 1. The fourth-order valence-electron chi connectivity index (χ4n) is 3.02. The van der Waals surface area contributed by atoms with Crippen LogP contribution in [-0.2, 0) is 20.7 Å². The number of benzene rings is 1. The molecule has 8 heteroatoms. The second-order valence-corrected chi connectivity index (χ2v) is 9.99. The van der Waals surface area contributed by atoms with Crippen molar-refractivity contribution in [1.82, 2.24) is 5.32 Å². The highest BCUT2D eigenvalue weighted by molar-refractivity contribution is 8.77. The number of nitrogens with one attached hydrogen (secondary N) is 1. The molecule has 0 bridgehead atoms. The average Bonchev–Trinajstić information content (AvgIpc) is 3.21. The molecule has 1 atom stereocenters. The van der Waals surface area contributed by atoms with Crippen LogP contribution in [0.5, 0.6) is 11.5 Å². The van der Waals surface area contributed by atoms with E-state index in [9.17, 15) is 19.8 Å². The minimum absolute atomic E-state index is 0.0577. The zero-order chi connectivity index (χ0) is 20.9. The molecule has 0 spiro atoms. The Bertz CT molecular complexity index is 650. The number of phenolic OH excluding ortho intramolecular Hbond substituents is 2. The van der Waals surface area contributed by atoms with Crippen molar-refractivity contribution in [2.24, 2.45) is 0 Å². The lowest BCUT2D eigenvalue weighted by molar-refractivity contribution is -0.142. The smallest absolute Gasteiger partial charge is 0.310 e. The van der Waals surface area contributed by atoms with Crippen molar-refractivity contribution in [3.63, 3.8) is 0 Å². The van der Waals surface area contributed by atoms with Gasteiger partial charge in [0.05, 0.1) is 13.0 Å². The third-order valence-electron chi connectivity index (χ3n) is 4.70. The molecule has 2 rings (SSSR count). The van der Waals surface area contributed by atoms with E-state index in [1.165, 1.54) is 30.7 Å². The summed E-state index contributed by atoms with van der Waals surface area (Å²) < 4.78 is 5.18. The summed E-state index contributed by atoms with van der Waals surface area (Å²) in [4.78, 5) is 23.6. The Morgan fingerprint density at radius 1 is 1.10 bits per heavy atom. The Morgan fingerprint density at radius 2 is 1.97 bits per heavy atom. The normalized spacial score (nSPS) is 15.9. The van der Waals surface area contributed by atoms with Gasteiger partial charge in [0, 0.05) is 24.0 Å². The number of phenols is 2. The fraction of sp³-hybridized carbons (Fsp3) is 0.619. The SMILES string of the molecule is O=C(CCCCC1CCSS1)NCCCCCOC(=O)Cc1ccc(O)c(O)c1.